The van der Waals surface area contributed by atoms with Gasteiger partial charge in [0.1, 0.15) is 5.75 Å². The molecule has 1 aromatic rings. The summed E-state index contributed by atoms with van der Waals surface area (Å²) in [4.78, 5) is 2.47. The summed E-state index contributed by atoms with van der Waals surface area (Å²) in [5.41, 5.74) is 1.17. The Kier molecular flexibility index (Phi) is 6.40. The molecule has 19 heavy (non-hydrogen) atoms. The normalized spacial score (nSPS) is 23.8. The van der Waals surface area contributed by atoms with E-state index in [4.69, 9.17) is 16.3 Å². The minimum atomic E-state index is 0. The Morgan fingerprint density at radius 2 is 2.16 bits per heavy atom. The largest absolute Gasteiger partial charge is 0.497 e. The Labute approximate surface area is 126 Å². The van der Waals surface area contributed by atoms with Crippen LogP contribution < -0.4 is 10.1 Å². The first-order valence-electron chi connectivity index (χ1n) is 6.40. The average molecular weight is 305 g/mol. The zero-order valence-electron chi connectivity index (χ0n) is 11.6. The summed E-state index contributed by atoms with van der Waals surface area (Å²) >= 11 is 6.29. The van der Waals surface area contributed by atoms with Crippen LogP contribution in [0.1, 0.15) is 19.4 Å². The fourth-order valence-electron chi connectivity index (χ4n) is 2.32. The highest BCUT2D eigenvalue weighted by molar-refractivity contribution is 6.31. The van der Waals surface area contributed by atoms with Gasteiger partial charge in [0.15, 0.2) is 0 Å². The molecule has 0 aliphatic carbocycles. The molecule has 1 fully saturated rings. The van der Waals surface area contributed by atoms with Crippen LogP contribution in [0.3, 0.4) is 0 Å². The Bertz CT molecular complexity index is 414. The molecule has 2 rings (SSSR count). The van der Waals surface area contributed by atoms with Crippen molar-refractivity contribution in [1.29, 1.82) is 0 Å². The lowest BCUT2D eigenvalue weighted by atomic mass is 10.1. The van der Waals surface area contributed by atoms with E-state index in [0.29, 0.717) is 12.1 Å². The third-order valence-corrected chi connectivity index (χ3v) is 3.88. The van der Waals surface area contributed by atoms with Crippen molar-refractivity contribution in [1.82, 2.24) is 10.2 Å². The van der Waals surface area contributed by atoms with Crippen LogP contribution in [0.2, 0.25) is 5.02 Å². The summed E-state index contributed by atoms with van der Waals surface area (Å²) in [6.45, 7) is 7.46. The summed E-state index contributed by atoms with van der Waals surface area (Å²) in [6.07, 6.45) is 0. The summed E-state index contributed by atoms with van der Waals surface area (Å²) in [5, 5.41) is 4.27. The first kappa shape index (κ1) is 16.6. The first-order valence-corrected chi connectivity index (χ1v) is 6.77. The number of methoxy groups -OCH3 is 1. The van der Waals surface area contributed by atoms with Crippen molar-refractivity contribution < 1.29 is 4.74 Å². The van der Waals surface area contributed by atoms with Crippen LogP contribution in [0.15, 0.2) is 18.2 Å². The lowest BCUT2D eigenvalue weighted by Gasteiger charge is -2.37. The standard InChI is InChI=1S/C14H21ClN2O.ClH/c1-10-8-17(11(2)7-16-10)9-12-4-5-13(18-3)6-14(12)15;/h4-6,10-11,16H,7-9H2,1-3H3;1H. The molecule has 5 heteroatoms. The zero-order chi connectivity index (χ0) is 13.1. The number of hydrogen-bond acceptors (Lipinski definition) is 3. The SMILES string of the molecule is COc1ccc(CN2CC(C)NCC2C)c(Cl)c1.Cl. The molecule has 0 spiro atoms. The Hall–Kier alpha value is -0.480. The molecule has 0 saturated carbocycles. The quantitative estimate of drug-likeness (QED) is 0.929. The van der Waals surface area contributed by atoms with E-state index in [9.17, 15) is 0 Å². The monoisotopic (exact) mass is 304 g/mol. The summed E-state index contributed by atoms with van der Waals surface area (Å²) < 4.78 is 5.17. The van der Waals surface area contributed by atoms with Crippen LogP contribution in [-0.2, 0) is 6.54 Å². The van der Waals surface area contributed by atoms with Crippen molar-refractivity contribution in [3.63, 3.8) is 0 Å². The summed E-state index contributed by atoms with van der Waals surface area (Å²) in [7, 11) is 1.66. The van der Waals surface area contributed by atoms with E-state index in [1.807, 2.05) is 12.1 Å². The van der Waals surface area contributed by atoms with Crippen LogP contribution in [0.5, 0.6) is 5.75 Å². The van der Waals surface area contributed by atoms with E-state index in [1.54, 1.807) is 7.11 Å². The second kappa shape index (κ2) is 7.34. The molecule has 1 aromatic carbocycles. The van der Waals surface area contributed by atoms with Crippen LogP contribution in [0.25, 0.3) is 0 Å². The Morgan fingerprint density at radius 3 is 2.79 bits per heavy atom. The van der Waals surface area contributed by atoms with Crippen molar-refractivity contribution in [3.05, 3.63) is 28.8 Å². The second-order valence-corrected chi connectivity index (χ2v) is 5.45. The lowest BCUT2D eigenvalue weighted by molar-refractivity contribution is 0.139. The van der Waals surface area contributed by atoms with Gasteiger partial charge in [0.05, 0.1) is 7.11 Å². The molecule has 0 radical (unpaired) electrons. The molecular formula is C14H22Cl2N2O. The maximum absolute atomic E-state index is 6.29. The number of nitrogens with one attached hydrogen (secondary N) is 1. The molecule has 1 N–H and O–H groups in total. The van der Waals surface area contributed by atoms with E-state index in [0.717, 1.165) is 30.4 Å². The van der Waals surface area contributed by atoms with E-state index < -0.39 is 0 Å². The van der Waals surface area contributed by atoms with Crippen LogP contribution in [0, 0.1) is 0 Å². The lowest BCUT2D eigenvalue weighted by Crippen LogP contribution is -2.53. The number of hydrogen-bond donors (Lipinski definition) is 1. The van der Waals surface area contributed by atoms with Gasteiger partial charge in [-0.2, -0.15) is 0 Å². The van der Waals surface area contributed by atoms with Crippen molar-refractivity contribution in [2.24, 2.45) is 0 Å². The van der Waals surface area contributed by atoms with Gasteiger partial charge in [0.2, 0.25) is 0 Å². The molecule has 0 bridgehead atoms. The fraction of sp³-hybridized carbons (Fsp3) is 0.571. The minimum Gasteiger partial charge on any atom is -0.497 e. The molecule has 108 valence electrons. The Morgan fingerprint density at radius 1 is 1.42 bits per heavy atom. The van der Waals surface area contributed by atoms with Crippen LogP contribution in [0.4, 0.5) is 0 Å². The van der Waals surface area contributed by atoms with Gasteiger partial charge >= 0.3 is 0 Å². The highest BCUT2D eigenvalue weighted by atomic mass is 35.5. The minimum absolute atomic E-state index is 0. The highest BCUT2D eigenvalue weighted by Gasteiger charge is 2.22. The smallest absolute Gasteiger partial charge is 0.120 e. The molecule has 1 aliphatic heterocycles. The molecule has 0 amide bonds. The summed E-state index contributed by atoms with van der Waals surface area (Å²) in [5.74, 6) is 0.811. The van der Waals surface area contributed by atoms with E-state index in [1.165, 1.54) is 5.56 Å². The molecule has 2 unspecified atom stereocenters. The van der Waals surface area contributed by atoms with Crippen molar-refractivity contribution in [2.45, 2.75) is 32.5 Å². The summed E-state index contributed by atoms with van der Waals surface area (Å²) in [6, 6.07) is 6.99. The van der Waals surface area contributed by atoms with Crippen LogP contribution in [-0.4, -0.2) is 37.2 Å². The van der Waals surface area contributed by atoms with Crippen LogP contribution >= 0.6 is 24.0 Å². The number of halogens is 2. The predicted molar refractivity (Wildman–Crippen MR) is 82.6 cm³/mol. The molecular weight excluding hydrogens is 283 g/mol. The van der Waals surface area contributed by atoms with Gasteiger partial charge in [-0.25, -0.2) is 0 Å². The predicted octanol–water partition coefficient (Wildman–Crippen LogP) is 2.95. The van der Waals surface area contributed by atoms with Gasteiger partial charge < -0.3 is 10.1 Å². The third kappa shape index (κ3) is 4.25. The first-order chi connectivity index (χ1) is 8.60. The maximum atomic E-state index is 6.29. The molecule has 0 aromatic heterocycles. The van der Waals surface area contributed by atoms with Crippen molar-refractivity contribution in [3.8, 4) is 5.75 Å². The topological polar surface area (TPSA) is 24.5 Å². The molecule has 1 heterocycles. The van der Waals surface area contributed by atoms with E-state index in [2.05, 4.69) is 30.1 Å². The number of benzene rings is 1. The highest BCUT2D eigenvalue weighted by Crippen LogP contribution is 2.24. The van der Waals surface area contributed by atoms with Gasteiger partial charge in [-0.05, 0) is 31.5 Å². The van der Waals surface area contributed by atoms with Gasteiger partial charge in [-0.3, -0.25) is 4.90 Å². The van der Waals surface area contributed by atoms with Gasteiger partial charge in [0.25, 0.3) is 0 Å². The second-order valence-electron chi connectivity index (χ2n) is 5.05. The average Bonchev–Trinajstić information content (AvgIpc) is 2.36. The number of ether oxygens (including phenoxy) is 1. The molecule has 1 aliphatic rings. The van der Waals surface area contributed by atoms with Gasteiger partial charge in [-0.15, -0.1) is 12.4 Å². The third-order valence-electron chi connectivity index (χ3n) is 3.53. The van der Waals surface area contributed by atoms with E-state index >= 15 is 0 Å². The number of piperazine rings is 1. The molecule has 2 atom stereocenters. The van der Waals surface area contributed by atoms with Gasteiger partial charge in [0, 0.05) is 36.7 Å². The van der Waals surface area contributed by atoms with Crippen molar-refractivity contribution in [2.75, 3.05) is 20.2 Å². The molecule has 3 nitrogen and oxygen atoms in total. The molecule has 1 saturated heterocycles. The van der Waals surface area contributed by atoms with E-state index in [-0.39, 0.29) is 12.4 Å². The number of rotatable bonds is 3. The fourth-order valence-corrected chi connectivity index (χ4v) is 2.55. The Balaban J connectivity index is 0.00000180. The number of nitrogens with zero attached hydrogens (tertiary/aromatic N) is 1. The van der Waals surface area contributed by atoms with Crippen molar-refractivity contribution >= 4 is 24.0 Å². The van der Waals surface area contributed by atoms with Gasteiger partial charge in [-0.1, -0.05) is 17.7 Å². The maximum Gasteiger partial charge on any atom is 0.120 e. The zero-order valence-corrected chi connectivity index (χ0v) is 13.2.